The molecule has 0 heterocycles. The average Bonchev–Trinajstić information content (AvgIpc) is 2.82. The maximum atomic E-state index is 13.0. The molecule has 0 spiro atoms. The quantitative estimate of drug-likeness (QED) is 0.347. The van der Waals surface area contributed by atoms with E-state index in [1.807, 2.05) is 12.1 Å². The molecule has 0 aliphatic heterocycles. The molecule has 0 aromatic heterocycles. The maximum Gasteiger partial charge on any atom is 0.269 e. The van der Waals surface area contributed by atoms with Gasteiger partial charge in [-0.05, 0) is 43.5 Å². The fourth-order valence-electron chi connectivity index (χ4n) is 4.28. The summed E-state index contributed by atoms with van der Waals surface area (Å²) in [4.78, 5) is 23.4. The van der Waals surface area contributed by atoms with E-state index in [0.29, 0.717) is 11.2 Å². The Kier molecular flexibility index (Phi) is 6.73. The van der Waals surface area contributed by atoms with Crippen molar-refractivity contribution < 1.29 is 9.72 Å². The van der Waals surface area contributed by atoms with Gasteiger partial charge in [0.05, 0.1) is 4.92 Å². The first kappa shape index (κ1) is 21.2. The molecule has 1 N–H and O–H groups in total. The molecule has 31 heavy (non-hydrogen) atoms. The van der Waals surface area contributed by atoms with Crippen molar-refractivity contribution in [3.05, 3.63) is 101 Å². The molecule has 1 saturated carbocycles. The minimum absolute atomic E-state index is 0.0104. The van der Waals surface area contributed by atoms with Crippen molar-refractivity contribution in [3.63, 3.8) is 0 Å². The van der Waals surface area contributed by atoms with Gasteiger partial charge in [-0.1, -0.05) is 73.5 Å². The molecule has 0 radical (unpaired) electrons. The molecule has 2 atom stereocenters. The standard InChI is InChI=1S/C25H25N2O3P/c28-25(19-15-17-20(18-16-19)27(29)30)26-23-13-7-8-14-24(23)31(21-9-3-1-4-10-21)22-11-5-2-6-12-22/h1-6,9-12,15-18,23-24H,7-8,13-14H2,(H,26,28)/t23-,24-/m1/s1. The van der Waals surface area contributed by atoms with Crippen LogP contribution in [-0.2, 0) is 0 Å². The van der Waals surface area contributed by atoms with E-state index in [4.69, 9.17) is 0 Å². The van der Waals surface area contributed by atoms with Crippen LogP contribution in [0, 0.1) is 10.1 Å². The topological polar surface area (TPSA) is 72.2 Å². The highest BCUT2D eigenvalue weighted by atomic mass is 31.1. The molecule has 1 fully saturated rings. The summed E-state index contributed by atoms with van der Waals surface area (Å²) in [6.45, 7) is 0. The molecule has 1 aliphatic carbocycles. The number of nitro benzene ring substituents is 1. The first-order valence-corrected chi connectivity index (χ1v) is 12.0. The second-order valence-electron chi connectivity index (χ2n) is 7.78. The van der Waals surface area contributed by atoms with Crippen LogP contribution in [0.2, 0.25) is 0 Å². The van der Waals surface area contributed by atoms with Crippen LogP contribution < -0.4 is 15.9 Å². The molecule has 0 unspecified atom stereocenters. The van der Waals surface area contributed by atoms with Crippen LogP contribution in [0.15, 0.2) is 84.9 Å². The summed E-state index contributed by atoms with van der Waals surface area (Å²) in [5.74, 6) is -0.164. The minimum Gasteiger partial charge on any atom is -0.349 e. The first-order chi connectivity index (χ1) is 15.1. The zero-order valence-corrected chi connectivity index (χ0v) is 18.1. The molecule has 0 bridgehead atoms. The highest BCUT2D eigenvalue weighted by Gasteiger charge is 2.34. The Labute approximate surface area is 183 Å². The number of non-ortho nitro benzene ring substituents is 1. The fourth-order valence-corrected chi connectivity index (χ4v) is 7.36. The zero-order chi connectivity index (χ0) is 21.6. The lowest BCUT2D eigenvalue weighted by Crippen LogP contribution is -2.46. The van der Waals surface area contributed by atoms with Crippen LogP contribution in [-0.4, -0.2) is 22.5 Å². The van der Waals surface area contributed by atoms with Crippen LogP contribution in [0.4, 0.5) is 5.69 Å². The van der Waals surface area contributed by atoms with Crippen molar-refractivity contribution in [2.75, 3.05) is 0 Å². The molecule has 1 amide bonds. The van der Waals surface area contributed by atoms with E-state index in [9.17, 15) is 14.9 Å². The van der Waals surface area contributed by atoms with Gasteiger partial charge in [-0.15, -0.1) is 0 Å². The largest absolute Gasteiger partial charge is 0.349 e. The van der Waals surface area contributed by atoms with Crippen molar-refractivity contribution >= 4 is 30.1 Å². The Balaban J connectivity index is 1.60. The van der Waals surface area contributed by atoms with Gasteiger partial charge in [-0.3, -0.25) is 14.9 Å². The van der Waals surface area contributed by atoms with E-state index >= 15 is 0 Å². The molecule has 5 nitrogen and oxygen atoms in total. The summed E-state index contributed by atoms with van der Waals surface area (Å²) in [6.07, 6.45) is 4.27. The molecule has 0 saturated heterocycles. The second-order valence-corrected chi connectivity index (χ2v) is 10.2. The number of hydrogen-bond acceptors (Lipinski definition) is 3. The molecule has 158 valence electrons. The number of rotatable bonds is 6. The number of carbonyl (C=O) groups is 1. The lowest BCUT2D eigenvalue weighted by molar-refractivity contribution is -0.384. The Morgan fingerprint density at radius 1 is 0.839 bits per heavy atom. The van der Waals surface area contributed by atoms with Gasteiger partial charge in [0, 0.05) is 29.4 Å². The van der Waals surface area contributed by atoms with Crippen LogP contribution in [0.1, 0.15) is 36.0 Å². The number of carbonyl (C=O) groups excluding carboxylic acids is 1. The second kappa shape index (κ2) is 9.84. The van der Waals surface area contributed by atoms with Crippen LogP contribution in [0.5, 0.6) is 0 Å². The Morgan fingerprint density at radius 2 is 1.39 bits per heavy atom. The van der Waals surface area contributed by atoms with Gasteiger partial charge in [-0.2, -0.15) is 0 Å². The van der Waals surface area contributed by atoms with Gasteiger partial charge < -0.3 is 5.32 Å². The van der Waals surface area contributed by atoms with E-state index in [2.05, 4.69) is 53.8 Å². The van der Waals surface area contributed by atoms with Gasteiger partial charge in [-0.25, -0.2) is 0 Å². The summed E-state index contributed by atoms with van der Waals surface area (Å²) in [5, 5.41) is 16.8. The highest BCUT2D eigenvalue weighted by molar-refractivity contribution is 7.73. The number of nitro groups is 1. The monoisotopic (exact) mass is 432 g/mol. The SMILES string of the molecule is O=C(N[C@@H]1CCCC[C@H]1P(c1ccccc1)c1ccccc1)c1ccc([N+](=O)[O-])cc1. The van der Waals surface area contributed by atoms with Gasteiger partial charge in [0.2, 0.25) is 0 Å². The van der Waals surface area contributed by atoms with Crippen molar-refractivity contribution in [2.45, 2.75) is 37.4 Å². The summed E-state index contributed by atoms with van der Waals surface area (Å²) >= 11 is 0. The maximum absolute atomic E-state index is 13.0. The number of nitrogens with zero attached hydrogens (tertiary/aromatic N) is 1. The summed E-state index contributed by atoms with van der Waals surface area (Å²) in [5.41, 5.74) is 0.790. The van der Waals surface area contributed by atoms with Crippen molar-refractivity contribution in [2.24, 2.45) is 0 Å². The lowest BCUT2D eigenvalue weighted by Gasteiger charge is -2.38. The van der Waals surface area contributed by atoms with E-state index < -0.39 is 12.8 Å². The van der Waals surface area contributed by atoms with Gasteiger partial charge in [0.25, 0.3) is 11.6 Å². The van der Waals surface area contributed by atoms with Crippen molar-refractivity contribution in [1.82, 2.24) is 5.32 Å². The van der Waals surface area contributed by atoms with Gasteiger partial charge >= 0.3 is 0 Å². The first-order valence-electron chi connectivity index (χ1n) is 10.6. The molecular weight excluding hydrogens is 407 g/mol. The summed E-state index contributed by atoms with van der Waals surface area (Å²) in [7, 11) is -0.626. The molecule has 4 rings (SSSR count). The van der Waals surface area contributed by atoms with Gasteiger partial charge in [0.1, 0.15) is 0 Å². The zero-order valence-electron chi connectivity index (χ0n) is 17.2. The molecular formula is C25H25N2O3P. The average molecular weight is 432 g/mol. The molecule has 1 aliphatic rings. The fraction of sp³-hybridized carbons (Fsp3) is 0.240. The number of nitrogens with one attached hydrogen (secondary N) is 1. The van der Waals surface area contributed by atoms with E-state index in [-0.39, 0.29) is 17.6 Å². The Bertz CT molecular complexity index is 986. The summed E-state index contributed by atoms with van der Waals surface area (Å²) < 4.78 is 0. The van der Waals surface area contributed by atoms with E-state index in [1.54, 1.807) is 0 Å². The minimum atomic E-state index is -0.626. The normalized spacial score (nSPS) is 18.5. The lowest BCUT2D eigenvalue weighted by atomic mass is 9.94. The van der Waals surface area contributed by atoms with E-state index in [1.165, 1.54) is 34.9 Å². The smallest absolute Gasteiger partial charge is 0.269 e. The predicted molar refractivity (Wildman–Crippen MR) is 126 cm³/mol. The molecule has 6 heteroatoms. The predicted octanol–water partition coefficient (Wildman–Crippen LogP) is 4.77. The summed E-state index contributed by atoms with van der Waals surface area (Å²) in [6, 6.07) is 27.1. The van der Waals surface area contributed by atoms with Crippen LogP contribution >= 0.6 is 7.92 Å². The third-order valence-electron chi connectivity index (χ3n) is 5.79. The van der Waals surface area contributed by atoms with Gasteiger partial charge in [0.15, 0.2) is 0 Å². The third-order valence-corrected chi connectivity index (χ3v) is 8.78. The Hall–Kier alpha value is -3.04. The number of hydrogen-bond donors (Lipinski definition) is 1. The van der Waals surface area contributed by atoms with Crippen molar-refractivity contribution in [3.8, 4) is 0 Å². The molecule has 3 aromatic rings. The Morgan fingerprint density at radius 3 is 1.94 bits per heavy atom. The number of benzene rings is 3. The number of amides is 1. The van der Waals surface area contributed by atoms with Crippen molar-refractivity contribution in [1.29, 1.82) is 0 Å². The highest BCUT2D eigenvalue weighted by Crippen LogP contribution is 2.46. The third kappa shape index (κ3) is 5.00. The van der Waals surface area contributed by atoms with E-state index in [0.717, 1.165) is 25.7 Å². The van der Waals surface area contributed by atoms with Crippen LogP contribution in [0.3, 0.4) is 0 Å². The van der Waals surface area contributed by atoms with Crippen LogP contribution in [0.25, 0.3) is 0 Å². The molecule has 3 aromatic carbocycles.